The van der Waals surface area contributed by atoms with Gasteiger partial charge in [0.15, 0.2) is 0 Å². The van der Waals surface area contributed by atoms with Crippen molar-refractivity contribution in [2.24, 2.45) is 20.5 Å². The summed E-state index contributed by atoms with van der Waals surface area (Å²) in [4.78, 5) is 1.92. The van der Waals surface area contributed by atoms with Crippen molar-refractivity contribution in [1.82, 2.24) is 0 Å². The maximum absolute atomic E-state index is 6.19. The Balaban J connectivity index is 2.00. The molecule has 3 aromatic carbocycles. The molecule has 0 aliphatic heterocycles. The van der Waals surface area contributed by atoms with Crippen molar-refractivity contribution in [3.63, 3.8) is 0 Å². The number of benzene rings is 3. The number of hydrogen-bond donors (Lipinski definition) is 1. The zero-order valence-electron chi connectivity index (χ0n) is 20.4. The number of ether oxygens (including phenoxy) is 4. The minimum absolute atomic E-state index is 0.384. The fraction of sp³-hybridized carbons (Fsp3) is 0.250. The average molecular weight is 499 g/mol. The quantitative estimate of drug-likeness (QED) is 0.254. The smallest absolute Gasteiger partial charge is 0.148 e. The molecular weight excluding hydrogens is 472 g/mol. The molecule has 0 amide bonds. The van der Waals surface area contributed by atoms with Crippen molar-refractivity contribution in [3.8, 4) is 23.0 Å². The monoisotopic (exact) mass is 498 g/mol. The lowest BCUT2D eigenvalue weighted by Gasteiger charge is -2.18. The molecular formula is C24H27ClN6O4. The standard InChI is InChI=1S/C24H27ClN6O4/c1-31(2)20-13-23(34-5)19(12-24(20)35-6)30-29-18-11-21(32-3)17(10-22(18)33-4)28-27-16-8-7-14(26)9-15(16)25/h7-13H,26H2,1-6H3. The molecule has 2 N–H and O–H groups in total. The number of anilines is 2. The van der Waals surface area contributed by atoms with E-state index in [2.05, 4.69) is 20.5 Å². The van der Waals surface area contributed by atoms with E-state index in [1.165, 1.54) is 14.2 Å². The third-order valence-corrected chi connectivity index (χ3v) is 5.25. The number of nitrogens with two attached hydrogens (primary N) is 1. The molecule has 0 saturated carbocycles. The Morgan fingerprint density at radius 3 is 1.49 bits per heavy atom. The van der Waals surface area contributed by atoms with Gasteiger partial charge in [-0.25, -0.2) is 0 Å². The molecule has 0 unspecified atom stereocenters. The first-order valence-electron chi connectivity index (χ1n) is 10.4. The lowest BCUT2D eigenvalue weighted by atomic mass is 10.2. The molecule has 35 heavy (non-hydrogen) atoms. The highest BCUT2D eigenvalue weighted by Crippen LogP contribution is 2.43. The van der Waals surface area contributed by atoms with Crippen molar-refractivity contribution in [3.05, 3.63) is 47.5 Å². The van der Waals surface area contributed by atoms with E-state index in [9.17, 15) is 0 Å². The van der Waals surface area contributed by atoms with Crippen LogP contribution >= 0.6 is 11.6 Å². The van der Waals surface area contributed by atoms with Gasteiger partial charge in [0, 0.05) is 44.0 Å². The van der Waals surface area contributed by atoms with E-state index in [1.54, 1.807) is 50.6 Å². The molecule has 0 aliphatic carbocycles. The molecule has 0 bridgehead atoms. The van der Waals surface area contributed by atoms with E-state index in [1.807, 2.05) is 25.1 Å². The van der Waals surface area contributed by atoms with Crippen LogP contribution in [0.15, 0.2) is 62.9 Å². The van der Waals surface area contributed by atoms with Gasteiger partial charge in [-0.15, -0.1) is 20.5 Å². The molecule has 0 atom stereocenters. The first kappa shape index (κ1) is 25.6. The SMILES string of the molecule is COc1cc(N=Nc2cc(OC)c(N(C)C)cc2OC)c(OC)cc1N=Nc1ccc(N)cc1Cl. The largest absolute Gasteiger partial charge is 0.494 e. The van der Waals surface area contributed by atoms with Gasteiger partial charge >= 0.3 is 0 Å². The van der Waals surface area contributed by atoms with Crippen LogP contribution in [-0.4, -0.2) is 42.5 Å². The normalized spacial score (nSPS) is 11.2. The van der Waals surface area contributed by atoms with Crippen LogP contribution in [0.25, 0.3) is 0 Å². The summed E-state index contributed by atoms with van der Waals surface area (Å²) in [7, 11) is 10.0. The Morgan fingerprint density at radius 1 is 0.629 bits per heavy atom. The molecule has 0 radical (unpaired) electrons. The average Bonchev–Trinajstić information content (AvgIpc) is 2.85. The Hall–Kier alpha value is -4.05. The number of rotatable bonds is 9. The zero-order valence-corrected chi connectivity index (χ0v) is 21.1. The number of nitrogen functional groups attached to an aromatic ring is 1. The summed E-state index contributed by atoms with van der Waals surface area (Å²) < 4.78 is 22.0. The maximum Gasteiger partial charge on any atom is 0.148 e. The number of hydrogen-bond acceptors (Lipinski definition) is 10. The van der Waals surface area contributed by atoms with Crippen LogP contribution in [-0.2, 0) is 0 Å². The Labute approximate surface area is 208 Å². The van der Waals surface area contributed by atoms with Crippen molar-refractivity contribution < 1.29 is 18.9 Å². The second-order valence-electron chi connectivity index (χ2n) is 7.40. The summed E-state index contributed by atoms with van der Waals surface area (Å²) in [5, 5.41) is 17.6. The summed E-state index contributed by atoms with van der Waals surface area (Å²) in [6.45, 7) is 0. The Bertz CT molecular complexity index is 1260. The van der Waals surface area contributed by atoms with E-state index >= 15 is 0 Å². The minimum Gasteiger partial charge on any atom is -0.494 e. The van der Waals surface area contributed by atoms with Crippen LogP contribution in [0.3, 0.4) is 0 Å². The van der Waals surface area contributed by atoms with E-state index in [0.29, 0.717) is 56.5 Å². The molecule has 0 aliphatic rings. The zero-order chi connectivity index (χ0) is 25.5. The van der Waals surface area contributed by atoms with Crippen molar-refractivity contribution in [2.75, 3.05) is 53.2 Å². The molecule has 0 aromatic heterocycles. The minimum atomic E-state index is 0.384. The molecule has 184 valence electrons. The highest BCUT2D eigenvalue weighted by atomic mass is 35.5. The van der Waals surface area contributed by atoms with Crippen molar-refractivity contribution in [1.29, 1.82) is 0 Å². The highest BCUT2D eigenvalue weighted by molar-refractivity contribution is 6.33. The van der Waals surface area contributed by atoms with Gasteiger partial charge in [-0.1, -0.05) is 11.6 Å². The predicted molar refractivity (Wildman–Crippen MR) is 138 cm³/mol. The molecule has 0 saturated heterocycles. The van der Waals surface area contributed by atoms with Gasteiger partial charge in [-0.3, -0.25) is 0 Å². The van der Waals surface area contributed by atoms with Gasteiger partial charge < -0.3 is 29.6 Å². The molecule has 10 nitrogen and oxygen atoms in total. The van der Waals surface area contributed by atoms with Crippen LogP contribution in [0.4, 0.5) is 34.1 Å². The fourth-order valence-electron chi connectivity index (χ4n) is 3.13. The summed E-state index contributed by atoms with van der Waals surface area (Å²) in [5.41, 5.74) is 8.91. The lowest BCUT2D eigenvalue weighted by Crippen LogP contribution is -2.10. The Morgan fingerprint density at radius 2 is 1.06 bits per heavy atom. The molecule has 0 spiro atoms. The number of methoxy groups -OCH3 is 4. The first-order chi connectivity index (χ1) is 16.8. The second kappa shape index (κ2) is 11.4. The van der Waals surface area contributed by atoms with Crippen molar-refractivity contribution >= 4 is 45.7 Å². The van der Waals surface area contributed by atoms with Gasteiger partial charge in [-0.2, -0.15) is 0 Å². The van der Waals surface area contributed by atoms with Crippen LogP contribution in [0.2, 0.25) is 5.02 Å². The lowest BCUT2D eigenvalue weighted by molar-refractivity contribution is 0.403. The maximum atomic E-state index is 6.19. The van der Waals surface area contributed by atoms with Crippen LogP contribution in [0, 0.1) is 0 Å². The van der Waals surface area contributed by atoms with Crippen molar-refractivity contribution in [2.45, 2.75) is 0 Å². The van der Waals surface area contributed by atoms with Gasteiger partial charge in [0.2, 0.25) is 0 Å². The third kappa shape index (κ3) is 5.90. The van der Waals surface area contributed by atoms with Crippen LogP contribution in [0.5, 0.6) is 23.0 Å². The van der Waals surface area contributed by atoms with Gasteiger partial charge in [-0.05, 0) is 18.2 Å². The summed E-state index contributed by atoms with van der Waals surface area (Å²) >= 11 is 6.19. The Kier molecular flexibility index (Phi) is 8.32. The van der Waals surface area contributed by atoms with E-state index < -0.39 is 0 Å². The summed E-state index contributed by atoms with van der Waals surface area (Å²) in [6.07, 6.45) is 0. The molecule has 0 fully saturated rings. The summed E-state index contributed by atoms with van der Waals surface area (Å²) in [5.74, 6) is 2.01. The van der Waals surface area contributed by atoms with Gasteiger partial charge in [0.1, 0.15) is 45.7 Å². The van der Waals surface area contributed by atoms with E-state index in [-0.39, 0.29) is 0 Å². The van der Waals surface area contributed by atoms with Gasteiger partial charge in [0.05, 0.1) is 39.1 Å². The summed E-state index contributed by atoms with van der Waals surface area (Å²) in [6, 6.07) is 11.9. The van der Waals surface area contributed by atoms with Crippen LogP contribution in [0.1, 0.15) is 0 Å². The topological polar surface area (TPSA) is 116 Å². The molecule has 0 heterocycles. The second-order valence-corrected chi connectivity index (χ2v) is 7.80. The molecule has 3 rings (SSSR count). The fourth-order valence-corrected chi connectivity index (χ4v) is 3.36. The number of azo groups is 2. The number of nitrogens with zero attached hydrogens (tertiary/aromatic N) is 5. The molecule has 3 aromatic rings. The van der Waals surface area contributed by atoms with E-state index in [0.717, 1.165) is 5.69 Å². The van der Waals surface area contributed by atoms with E-state index in [4.69, 9.17) is 36.3 Å². The number of halogens is 1. The predicted octanol–water partition coefficient (Wildman–Crippen LogP) is 6.85. The first-order valence-corrected chi connectivity index (χ1v) is 10.8. The van der Waals surface area contributed by atoms with Crippen LogP contribution < -0.4 is 29.6 Å². The van der Waals surface area contributed by atoms with Gasteiger partial charge in [0.25, 0.3) is 0 Å². The third-order valence-electron chi connectivity index (χ3n) is 4.95. The molecule has 11 heteroatoms. The highest BCUT2D eigenvalue weighted by Gasteiger charge is 2.15.